The molecule has 2 heterocycles. The van der Waals surface area contributed by atoms with Crippen LogP contribution in [0.3, 0.4) is 0 Å². The number of phenols is 1. The van der Waals surface area contributed by atoms with E-state index in [1.54, 1.807) is 11.0 Å². The van der Waals surface area contributed by atoms with E-state index in [9.17, 15) is 9.90 Å². The zero-order valence-corrected chi connectivity index (χ0v) is 17.6. The maximum absolute atomic E-state index is 12.1. The van der Waals surface area contributed by atoms with Crippen LogP contribution in [0.2, 0.25) is 0 Å². The van der Waals surface area contributed by atoms with Crippen molar-refractivity contribution in [2.75, 3.05) is 19.7 Å². The quantitative estimate of drug-likeness (QED) is 0.801. The van der Waals surface area contributed by atoms with Crippen molar-refractivity contribution in [1.29, 1.82) is 0 Å². The second-order valence-electron chi connectivity index (χ2n) is 8.10. The molecular weight excluding hydrogens is 378 g/mol. The van der Waals surface area contributed by atoms with Crippen molar-refractivity contribution in [1.82, 2.24) is 10.2 Å². The Morgan fingerprint density at radius 2 is 1.90 bits per heavy atom. The van der Waals surface area contributed by atoms with Gasteiger partial charge in [0.1, 0.15) is 11.4 Å². The lowest BCUT2D eigenvalue weighted by molar-refractivity contribution is 0.0779. The van der Waals surface area contributed by atoms with Crippen LogP contribution in [0, 0.1) is 6.92 Å². The van der Waals surface area contributed by atoms with E-state index in [2.05, 4.69) is 36.5 Å². The summed E-state index contributed by atoms with van der Waals surface area (Å²) in [7, 11) is 0. The van der Waals surface area contributed by atoms with Crippen LogP contribution < -0.4 is 5.32 Å². The van der Waals surface area contributed by atoms with Crippen LogP contribution in [0.4, 0.5) is 4.79 Å². The molecule has 0 unspecified atom stereocenters. The minimum Gasteiger partial charge on any atom is -0.507 e. The zero-order valence-electron chi connectivity index (χ0n) is 17.6. The van der Waals surface area contributed by atoms with Gasteiger partial charge in [0, 0.05) is 49.7 Å². The fourth-order valence-corrected chi connectivity index (χ4v) is 4.32. The normalized spacial score (nSPS) is 20.7. The van der Waals surface area contributed by atoms with E-state index in [4.69, 9.17) is 9.73 Å². The zero-order chi connectivity index (χ0) is 21.1. The van der Waals surface area contributed by atoms with Crippen molar-refractivity contribution >= 4 is 11.8 Å². The van der Waals surface area contributed by atoms with Gasteiger partial charge in [-0.3, -0.25) is 10.3 Å². The lowest BCUT2D eigenvalue weighted by atomic mass is 9.87. The van der Waals surface area contributed by atoms with Crippen molar-refractivity contribution in [2.45, 2.75) is 44.8 Å². The first-order valence-electron chi connectivity index (χ1n) is 10.6. The first-order chi connectivity index (χ1) is 14.5. The molecule has 4 rings (SSSR count). The number of carbonyl (C=O) groups is 1. The number of benzene rings is 2. The second kappa shape index (κ2) is 8.48. The monoisotopic (exact) mass is 407 g/mol. The van der Waals surface area contributed by atoms with Gasteiger partial charge in [0.05, 0.1) is 6.61 Å². The van der Waals surface area contributed by atoms with Crippen LogP contribution in [0.25, 0.3) is 0 Å². The molecule has 0 radical (unpaired) electrons. The summed E-state index contributed by atoms with van der Waals surface area (Å²) in [6.07, 6.45) is 1.84. The van der Waals surface area contributed by atoms with Crippen molar-refractivity contribution in [3.63, 3.8) is 0 Å². The van der Waals surface area contributed by atoms with Crippen LogP contribution in [-0.2, 0) is 4.74 Å². The Kier molecular flexibility index (Phi) is 5.77. The minimum absolute atomic E-state index is 0.0897. The van der Waals surface area contributed by atoms with Gasteiger partial charge in [0.15, 0.2) is 0 Å². The number of likely N-dealkylation sites (tertiary alicyclic amines) is 1. The summed E-state index contributed by atoms with van der Waals surface area (Å²) in [5, 5.41) is 14.2. The lowest BCUT2D eigenvalue weighted by Gasteiger charge is -2.45. The molecule has 2 aromatic rings. The predicted molar refractivity (Wildman–Crippen MR) is 117 cm³/mol. The third kappa shape index (κ3) is 4.19. The number of aromatic hydroxyl groups is 1. The van der Waals surface area contributed by atoms with Gasteiger partial charge in [-0.2, -0.15) is 0 Å². The number of nitrogens with zero attached hydrogens (tertiary/aromatic N) is 2. The number of nitrogens with one attached hydrogen (secondary N) is 1. The van der Waals surface area contributed by atoms with E-state index >= 15 is 0 Å². The summed E-state index contributed by atoms with van der Waals surface area (Å²) in [6.45, 7) is 5.46. The largest absolute Gasteiger partial charge is 0.507 e. The molecule has 2 aliphatic heterocycles. The molecule has 2 N–H and O–H groups in total. The fourth-order valence-electron chi connectivity index (χ4n) is 4.32. The minimum atomic E-state index is -0.464. The molecule has 0 bridgehead atoms. The molecule has 30 heavy (non-hydrogen) atoms. The molecule has 6 heteroatoms. The highest BCUT2D eigenvalue weighted by atomic mass is 16.6. The smallest absolute Gasteiger partial charge is 0.409 e. The molecule has 1 amide bonds. The van der Waals surface area contributed by atoms with Crippen LogP contribution in [0.15, 0.2) is 53.5 Å². The Hall–Kier alpha value is -2.86. The predicted octanol–water partition coefficient (Wildman–Crippen LogP) is 4.17. The third-order valence-corrected chi connectivity index (χ3v) is 6.00. The van der Waals surface area contributed by atoms with Crippen LogP contribution in [-0.4, -0.2) is 47.2 Å². The van der Waals surface area contributed by atoms with Crippen LogP contribution in [0.1, 0.15) is 48.9 Å². The summed E-state index contributed by atoms with van der Waals surface area (Å²) in [4.78, 5) is 19.0. The number of rotatable bonds is 3. The molecule has 2 aromatic carbocycles. The number of aliphatic imine (C=N–C) groups is 1. The van der Waals surface area contributed by atoms with Crippen LogP contribution in [0.5, 0.6) is 5.75 Å². The molecule has 0 aromatic heterocycles. The first-order valence-corrected chi connectivity index (χ1v) is 10.6. The highest BCUT2D eigenvalue weighted by molar-refractivity contribution is 6.03. The summed E-state index contributed by atoms with van der Waals surface area (Å²) in [5.74, 6) is 0.250. The van der Waals surface area contributed by atoms with E-state index < -0.39 is 5.66 Å². The Morgan fingerprint density at radius 3 is 2.57 bits per heavy atom. The molecule has 6 nitrogen and oxygen atoms in total. The van der Waals surface area contributed by atoms with E-state index in [1.165, 1.54) is 11.1 Å². The number of hydrogen-bond donors (Lipinski definition) is 2. The number of phenolic OH excluding ortho intramolecular Hbond substituents is 1. The van der Waals surface area contributed by atoms with Gasteiger partial charge in [0.2, 0.25) is 0 Å². The highest BCUT2D eigenvalue weighted by Gasteiger charge is 2.41. The number of ether oxygens (including phenoxy) is 1. The van der Waals surface area contributed by atoms with Gasteiger partial charge in [-0.1, -0.05) is 42.0 Å². The van der Waals surface area contributed by atoms with Gasteiger partial charge in [-0.25, -0.2) is 4.79 Å². The first kappa shape index (κ1) is 20.4. The number of amides is 1. The van der Waals surface area contributed by atoms with E-state index in [0.29, 0.717) is 39.0 Å². The van der Waals surface area contributed by atoms with Crippen molar-refractivity contribution < 1.29 is 14.6 Å². The lowest BCUT2D eigenvalue weighted by Crippen LogP contribution is -2.56. The fraction of sp³-hybridized carbons (Fsp3) is 0.417. The summed E-state index contributed by atoms with van der Waals surface area (Å²) in [6, 6.07) is 16.0. The standard InChI is InChI=1S/C24H29N3O3/c1-3-30-23(29)27-14-12-24(13-15-27)25-20(18-10-8-17(2)9-11-18)16-21(26-24)19-6-4-5-7-22(19)28/h4-11,20,25,28H,3,12-16H2,1-2H3/t20-/m1/s1. The highest BCUT2D eigenvalue weighted by Crippen LogP contribution is 2.36. The molecule has 2 aliphatic rings. The third-order valence-electron chi connectivity index (χ3n) is 6.00. The number of para-hydroxylation sites is 1. The molecule has 0 aliphatic carbocycles. The number of hydrogen-bond acceptors (Lipinski definition) is 5. The van der Waals surface area contributed by atoms with Crippen molar-refractivity contribution in [3.05, 3.63) is 65.2 Å². The Balaban J connectivity index is 1.64. The Morgan fingerprint density at radius 1 is 1.20 bits per heavy atom. The van der Waals surface area contributed by atoms with Gasteiger partial charge in [0.25, 0.3) is 0 Å². The topological polar surface area (TPSA) is 74.2 Å². The van der Waals surface area contributed by atoms with Crippen molar-refractivity contribution in [3.8, 4) is 5.75 Å². The van der Waals surface area contributed by atoms with E-state index in [-0.39, 0.29) is 17.9 Å². The second-order valence-corrected chi connectivity index (χ2v) is 8.10. The summed E-state index contributed by atoms with van der Waals surface area (Å²) < 4.78 is 5.16. The van der Waals surface area contributed by atoms with Gasteiger partial charge >= 0.3 is 6.09 Å². The van der Waals surface area contributed by atoms with Gasteiger partial charge < -0.3 is 14.7 Å². The van der Waals surface area contributed by atoms with E-state index in [0.717, 1.165) is 11.3 Å². The molecule has 1 saturated heterocycles. The molecule has 1 spiro atoms. The molecular formula is C24H29N3O3. The average Bonchev–Trinajstić information content (AvgIpc) is 2.75. The molecule has 1 fully saturated rings. The number of piperidine rings is 1. The molecule has 1 atom stereocenters. The Bertz CT molecular complexity index is 931. The summed E-state index contributed by atoms with van der Waals surface area (Å²) in [5.41, 5.74) is 3.65. The molecule has 0 saturated carbocycles. The van der Waals surface area contributed by atoms with Gasteiger partial charge in [-0.05, 0) is 31.5 Å². The number of aryl methyl sites for hydroxylation is 1. The van der Waals surface area contributed by atoms with Crippen molar-refractivity contribution in [2.24, 2.45) is 4.99 Å². The van der Waals surface area contributed by atoms with Crippen LogP contribution >= 0.6 is 0 Å². The average molecular weight is 408 g/mol. The SMILES string of the molecule is CCOC(=O)N1CCC2(CC1)N=C(c1ccccc1O)C[C@H](c1ccc(C)cc1)N2. The van der Waals surface area contributed by atoms with E-state index in [1.807, 2.05) is 25.1 Å². The Labute approximate surface area is 177 Å². The maximum Gasteiger partial charge on any atom is 0.409 e. The maximum atomic E-state index is 12.1. The summed E-state index contributed by atoms with van der Waals surface area (Å²) >= 11 is 0. The molecule has 158 valence electrons. The van der Waals surface area contributed by atoms with Gasteiger partial charge in [-0.15, -0.1) is 0 Å². The number of carbonyl (C=O) groups excluding carboxylic acids is 1.